The maximum atomic E-state index is 13.9. The summed E-state index contributed by atoms with van der Waals surface area (Å²) in [6, 6.07) is 9.20. The summed E-state index contributed by atoms with van der Waals surface area (Å²) in [5.41, 5.74) is 2.14. The summed E-state index contributed by atoms with van der Waals surface area (Å²) >= 11 is 9.16. The predicted molar refractivity (Wildman–Crippen MR) is 115 cm³/mol. The Morgan fingerprint density at radius 2 is 1.94 bits per heavy atom. The normalized spacial score (nSPS) is 10.9. The second kappa shape index (κ2) is 8.99. The number of aromatic nitrogens is 4. The monoisotopic (exact) mass is 506 g/mol. The molecule has 1 N–H and O–H groups in total. The van der Waals surface area contributed by atoms with Gasteiger partial charge in [-0.25, -0.2) is 14.4 Å². The second-order valence-corrected chi connectivity index (χ2v) is 7.54. The van der Waals surface area contributed by atoms with E-state index in [-0.39, 0.29) is 17.3 Å². The fourth-order valence-corrected chi connectivity index (χ4v) is 3.49. The molecular formula is C21H14BrClF2N4O2. The van der Waals surface area contributed by atoms with Crippen molar-refractivity contribution >= 4 is 27.5 Å². The maximum Gasteiger partial charge on any atom is 0.212 e. The molecule has 0 saturated carbocycles. The van der Waals surface area contributed by atoms with Gasteiger partial charge >= 0.3 is 0 Å². The zero-order valence-electron chi connectivity index (χ0n) is 16.0. The molecule has 3 aromatic heterocycles. The first kappa shape index (κ1) is 21.2. The van der Waals surface area contributed by atoms with Crippen molar-refractivity contribution < 1.29 is 18.3 Å². The standard InChI is InChI=1S/C21H14BrClF2N4O2/c1-30-17-7-13(31-10-16-15(24)6-12(23)9-26-16)3-4-14(17)19-20(22)29-21(28-19)11-2-5-18(25)27-8-11/h2-9H,10H2,1H3,(H,28,29). The van der Waals surface area contributed by atoms with Crippen LogP contribution in [0.3, 0.4) is 0 Å². The van der Waals surface area contributed by atoms with Gasteiger partial charge in [0.05, 0.1) is 17.8 Å². The molecule has 0 fully saturated rings. The fourth-order valence-electron chi connectivity index (χ4n) is 2.85. The molecule has 3 heterocycles. The second-order valence-electron chi connectivity index (χ2n) is 6.35. The minimum absolute atomic E-state index is 0.0685. The first-order chi connectivity index (χ1) is 14.9. The van der Waals surface area contributed by atoms with Gasteiger partial charge in [-0.1, -0.05) is 11.6 Å². The molecule has 1 aromatic carbocycles. The Kier molecular flexibility index (Phi) is 6.15. The summed E-state index contributed by atoms with van der Waals surface area (Å²) in [4.78, 5) is 15.2. The van der Waals surface area contributed by atoms with E-state index in [9.17, 15) is 8.78 Å². The number of pyridine rings is 2. The van der Waals surface area contributed by atoms with E-state index in [1.165, 1.54) is 31.6 Å². The molecule has 10 heteroatoms. The van der Waals surface area contributed by atoms with Crippen LogP contribution < -0.4 is 9.47 Å². The lowest BCUT2D eigenvalue weighted by Crippen LogP contribution is -2.02. The maximum absolute atomic E-state index is 13.9. The van der Waals surface area contributed by atoms with Crippen molar-refractivity contribution in [3.05, 3.63) is 75.9 Å². The largest absolute Gasteiger partial charge is 0.496 e. The van der Waals surface area contributed by atoms with Crippen molar-refractivity contribution in [1.29, 1.82) is 0 Å². The fraction of sp³-hybridized carbons (Fsp3) is 0.0952. The highest BCUT2D eigenvalue weighted by Crippen LogP contribution is 2.37. The molecule has 0 amide bonds. The van der Waals surface area contributed by atoms with Crippen molar-refractivity contribution in [1.82, 2.24) is 19.9 Å². The van der Waals surface area contributed by atoms with Gasteiger partial charge in [-0.3, -0.25) is 4.98 Å². The lowest BCUT2D eigenvalue weighted by atomic mass is 10.1. The number of imidazole rings is 1. The number of methoxy groups -OCH3 is 1. The van der Waals surface area contributed by atoms with E-state index >= 15 is 0 Å². The summed E-state index contributed by atoms with van der Waals surface area (Å²) in [5.74, 6) is 0.382. The first-order valence-electron chi connectivity index (χ1n) is 8.93. The molecule has 31 heavy (non-hydrogen) atoms. The molecule has 0 spiro atoms. The number of hydrogen-bond acceptors (Lipinski definition) is 5. The quantitative estimate of drug-likeness (QED) is 0.333. The van der Waals surface area contributed by atoms with Crippen LogP contribution in [-0.4, -0.2) is 27.0 Å². The van der Waals surface area contributed by atoms with Gasteiger partial charge in [-0.2, -0.15) is 4.39 Å². The third-order valence-electron chi connectivity index (χ3n) is 4.36. The summed E-state index contributed by atoms with van der Waals surface area (Å²) in [5, 5.41) is 0.216. The van der Waals surface area contributed by atoms with Crippen molar-refractivity contribution in [2.75, 3.05) is 7.11 Å². The molecule has 0 aliphatic heterocycles. The third-order valence-corrected chi connectivity index (χ3v) is 5.14. The van der Waals surface area contributed by atoms with Gasteiger partial charge in [-0.05, 0) is 46.3 Å². The van der Waals surface area contributed by atoms with Crippen LogP contribution in [0, 0.1) is 11.8 Å². The number of benzene rings is 1. The van der Waals surface area contributed by atoms with E-state index in [0.717, 1.165) is 0 Å². The van der Waals surface area contributed by atoms with Crippen LogP contribution in [0.25, 0.3) is 22.6 Å². The Morgan fingerprint density at radius 1 is 1.10 bits per heavy atom. The molecular weight excluding hydrogens is 494 g/mol. The van der Waals surface area contributed by atoms with Crippen LogP contribution >= 0.6 is 27.5 Å². The van der Waals surface area contributed by atoms with E-state index in [1.54, 1.807) is 24.3 Å². The number of nitrogens with one attached hydrogen (secondary N) is 1. The van der Waals surface area contributed by atoms with E-state index in [4.69, 9.17) is 21.1 Å². The highest BCUT2D eigenvalue weighted by molar-refractivity contribution is 9.10. The molecule has 0 bridgehead atoms. The predicted octanol–water partition coefficient (Wildman–Crippen LogP) is 5.82. The van der Waals surface area contributed by atoms with Crippen molar-refractivity contribution in [3.8, 4) is 34.1 Å². The lowest BCUT2D eigenvalue weighted by Gasteiger charge is -2.11. The Hall–Kier alpha value is -3.04. The van der Waals surface area contributed by atoms with Gasteiger partial charge in [-0.15, -0.1) is 0 Å². The summed E-state index contributed by atoms with van der Waals surface area (Å²) in [6.45, 7) is -0.0685. The summed E-state index contributed by atoms with van der Waals surface area (Å²) in [7, 11) is 1.53. The van der Waals surface area contributed by atoms with Crippen LogP contribution in [0.15, 0.2) is 53.4 Å². The van der Waals surface area contributed by atoms with Crippen molar-refractivity contribution in [3.63, 3.8) is 0 Å². The minimum Gasteiger partial charge on any atom is -0.496 e. The average Bonchev–Trinajstić information content (AvgIpc) is 3.14. The molecule has 158 valence electrons. The third kappa shape index (κ3) is 4.67. The number of aromatic amines is 1. The molecule has 0 unspecified atom stereocenters. The van der Waals surface area contributed by atoms with Crippen LogP contribution in [-0.2, 0) is 6.61 Å². The molecule has 0 aliphatic carbocycles. The number of ether oxygens (including phenoxy) is 2. The van der Waals surface area contributed by atoms with E-state index < -0.39 is 11.8 Å². The average molecular weight is 508 g/mol. The van der Waals surface area contributed by atoms with Gasteiger partial charge in [0.2, 0.25) is 5.95 Å². The molecule has 0 aliphatic rings. The molecule has 6 nitrogen and oxygen atoms in total. The molecule has 4 aromatic rings. The van der Waals surface area contributed by atoms with Gasteiger partial charge in [0.25, 0.3) is 0 Å². The topological polar surface area (TPSA) is 72.9 Å². The van der Waals surface area contributed by atoms with E-state index in [1.807, 2.05) is 0 Å². The van der Waals surface area contributed by atoms with Gasteiger partial charge in [0, 0.05) is 29.6 Å². The minimum atomic E-state index is -0.569. The Morgan fingerprint density at radius 3 is 2.65 bits per heavy atom. The first-order valence-corrected chi connectivity index (χ1v) is 10.1. The van der Waals surface area contributed by atoms with Crippen molar-refractivity contribution in [2.45, 2.75) is 6.61 Å². The van der Waals surface area contributed by atoms with Gasteiger partial charge in [0.1, 0.15) is 40.0 Å². The number of rotatable bonds is 6. The Labute approximate surface area is 189 Å². The molecule has 0 atom stereocenters. The lowest BCUT2D eigenvalue weighted by molar-refractivity contribution is 0.292. The number of hydrogen-bond donors (Lipinski definition) is 1. The highest BCUT2D eigenvalue weighted by atomic mass is 79.9. The number of H-pyrrole nitrogens is 1. The number of nitrogens with zero attached hydrogens (tertiary/aromatic N) is 3. The van der Waals surface area contributed by atoms with Crippen LogP contribution in [0.4, 0.5) is 8.78 Å². The molecule has 0 saturated heterocycles. The van der Waals surface area contributed by atoms with Gasteiger partial charge in [0.15, 0.2) is 0 Å². The van der Waals surface area contributed by atoms with Crippen molar-refractivity contribution in [2.24, 2.45) is 0 Å². The zero-order valence-corrected chi connectivity index (χ0v) is 18.3. The highest BCUT2D eigenvalue weighted by Gasteiger charge is 2.17. The van der Waals surface area contributed by atoms with Crippen LogP contribution in [0.1, 0.15) is 5.69 Å². The summed E-state index contributed by atoms with van der Waals surface area (Å²) in [6.07, 6.45) is 2.75. The van der Waals surface area contributed by atoms with E-state index in [2.05, 4.69) is 35.9 Å². The Balaban J connectivity index is 1.59. The van der Waals surface area contributed by atoms with E-state index in [0.29, 0.717) is 38.7 Å². The Bertz CT molecular complexity index is 1230. The van der Waals surface area contributed by atoms with Crippen LogP contribution in [0.5, 0.6) is 11.5 Å². The number of halogens is 4. The SMILES string of the molecule is COc1cc(OCc2ncc(Cl)cc2F)ccc1-c1[nH]c(-c2ccc(F)nc2)nc1Br. The zero-order chi connectivity index (χ0) is 22.0. The molecule has 0 radical (unpaired) electrons. The molecule has 4 rings (SSSR count). The van der Waals surface area contributed by atoms with Crippen LogP contribution in [0.2, 0.25) is 5.02 Å². The smallest absolute Gasteiger partial charge is 0.212 e. The summed E-state index contributed by atoms with van der Waals surface area (Å²) < 4.78 is 38.7. The van der Waals surface area contributed by atoms with Gasteiger partial charge < -0.3 is 14.5 Å².